The lowest BCUT2D eigenvalue weighted by Gasteiger charge is -2.11. The molecular weight excluding hydrogens is 292 g/mol. The van der Waals surface area contributed by atoms with E-state index in [1.807, 2.05) is 0 Å². The summed E-state index contributed by atoms with van der Waals surface area (Å²) in [4.78, 5) is 3.69. The van der Waals surface area contributed by atoms with Gasteiger partial charge in [0.2, 0.25) is 0 Å². The molecule has 19 heavy (non-hydrogen) atoms. The minimum absolute atomic E-state index is 0.107. The van der Waals surface area contributed by atoms with Crippen molar-refractivity contribution in [1.29, 1.82) is 0 Å². The van der Waals surface area contributed by atoms with Crippen molar-refractivity contribution in [3.8, 4) is 0 Å². The highest BCUT2D eigenvalue weighted by Gasteiger charge is 2.33. The Morgan fingerprint density at radius 2 is 2.26 bits per heavy atom. The summed E-state index contributed by atoms with van der Waals surface area (Å²) in [6.45, 7) is -0.130. The van der Waals surface area contributed by atoms with Crippen LogP contribution in [0.15, 0.2) is 11.4 Å². The number of imidazole rings is 1. The van der Waals surface area contributed by atoms with Crippen LogP contribution in [0.3, 0.4) is 0 Å². The van der Waals surface area contributed by atoms with Gasteiger partial charge < -0.3 is 10.3 Å². The van der Waals surface area contributed by atoms with Crippen LogP contribution in [-0.4, -0.2) is 43.9 Å². The monoisotopic (exact) mass is 308 g/mol. The third-order valence-electron chi connectivity index (χ3n) is 3.13. The zero-order chi connectivity index (χ0) is 14.3. The molecule has 1 aliphatic rings. The van der Waals surface area contributed by atoms with Gasteiger partial charge in [0, 0.05) is 13.6 Å². The lowest BCUT2D eigenvalue weighted by atomic mass is 10.2. The molecule has 0 bridgehead atoms. The number of sulfone groups is 1. The first kappa shape index (κ1) is 14.3. The zero-order valence-electron chi connectivity index (χ0n) is 10.4. The molecule has 0 saturated carbocycles. The maximum Gasteiger partial charge on any atom is 0.260 e. The lowest BCUT2D eigenvalue weighted by Crippen LogP contribution is -2.35. The van der Waals surface area contributed by atoms with Crippen LogP contribution in [0.25, 0.3) is 0 Å². The van der Waals surface area contributed by atoms with Crippen molar-refractivity contribution in [1.82, 2.24) is 14.3 Å². The molecule has 0 aliphatic carbocycles. The number of nitrogens with two attached hydrogens (primary N) is 1. The Morgan fingerprint density at radius 1 is 1.58 bits per heavy atom. The third kappa shape index (κ3) is 2.74. The van der Waals surface area contributed by atoms with Gasteiger partial charge in [-0.05, 0) is 12.8 Å². The topological polar surface area (TPSA) is 124 Å². The fourth-order valence-corrected chi connectivity index (χ4v) is 5.31. The number of aromatic nitrogens is 2. The lowest BCUT2D eigenvalue weighted by molar-refractivity contribution is 0.564. The second-order valence-electron chi connectivity index (χ2n) is 4.53. The highest BCUT2D eigenvalue weighted by molar-refractivity contribution is 7.92. The second-order valence-corrected chi connectivity index (χ2v) is 8.61. The summed E-state index contributed by atoms with van der Waals surface area (Å²) in [7, 11) is -5.53. The van der Waals surface area contributed by atoms with Gasteiger partial charge in [-0.3, -0.25) is 0 Å². The first-order valence-corrected chi connectivity index (χ1v) is 8.92. The van der Waals surface area contributed by atoms with Crippen LogP contribution >= 0.6 is 0 Å². The van der Waals surface area contributed by atoms with Crippen molar-refractivity contribution in [2.75, 3.05) is 18.0 Å². The Bertz CT molecular complexity index is 658. The molecular formula is C9H16N4O4S2. The Morgan fingerprint density at radius 3 is 2.74 bits per heavy atom. The van der Waals surface area contributed by atoms with Crippen LogP contribution in [0.1, 0.15) is 12.8 Å². The molecule has 1 aromatic rings. The molecule has 0 spiro atoms. The Hall–Kier alpha value is -1.13. The first-order valence-electron chi connectivity index (χ1n) is 5.72. The van der Waals surface area contributed by atoms with E-state index in [4.69, 9.17) is 5.73 Å². The van der Waals surface area contributed by atoms with E-state index in [2.05, 4.69) is 9.71 Å². The van der Waals surface area contributed by atoms with Gasteiger partial charge in [0.15, 0.2) is 20.7 Å². The van der Waals surface area contributed by atoms with Crippen LogP contribution in [0.2, 0.25) is 0 Å². The predicted octanol–water partition coefficient (Wildman–Crippen LogP) is -1.14. The van der Waals surface area contributed by atoms with Crippen LogP contribution in [0.4, 0.5) is 5.82 Å². The van der Waals surface area contributed by atoms with Crippen molar-refractivity contribution in [2.45, 2.75) is 23.1 Å². The molecule has 1 atom stereocenters. The molecule has 2 heterocycles. The molecule has 0 amide bonds. The number of sulfonamides is 1. The smallest absolute Gasteiger partial charge is 0.260 e. The largest absolute Gasteiger partial charge is 0.381 e. The van der Waals surface area contributed by atoms with Gasteiger partial charge in [0.25, 0.3) is 10.0 Å². The molecule has 1 aromatic heterocycles. The van der Waals surface area contributed by atoms with Gasteiger partial charge >= 0.3 is 0 Å². The highest BCUT2D eigenvalue weighted by atomic mass is 32.2. The van der Waals surface area contributed by atoms with Gasteiger partial charge in [-0.15, -0.1) is 0 Å². The molecule has 0 aromatic carbocycles. The summed E-state index contributed by atoms with van der Waals surface area (Å²) >= 11 is 0. The van der Waals surface area contributed by atoms with Gasteiger partial charge in [0.1, 0.15) is 0 Å². The average molecular weight is 308 g/mol. The molecule has 1 aliphatic heterocycles. The minimum Gasteiger partial charge on any atom is -0.381 e. The Labute approximate surface area is 112 Å². The Kier molecular flexibility index (Phi) is 3.58. The maximum absolute atomic E-state index is 12.1. The van der Waals surface area contributed by atoms with Gasteiger partial charge in [-0.25, -0.2) is 26.5 Å². The molecule has 1 saturated heterocycles. The molecule has 8 nitrogen and oxygen atoms in total. The van der Waals surface area contributed by atoms with Gasteiger partial charge in [0.05, 0.1) is 17.3 Å². The number of nitrogens with zero attached hydrogens (tertiary/aromatic N) is 2. The summed E-state index contributed by atoms with van der Waals surface area (Å²) in [6, 6.07) is 0. The summed E-state index contributed by atoms with van der Waals surface area (Å²) in [5.41, 5.74) is 5.50. The molecule has 3 N–H and O–H groups in total. The van der Waals surface area contributed by atoms with E-state index in [0.29, 0.717) is 12.8 Å². The minimum atomic E-state index is -3.85. The van der Waals surface area contributed by atoms with E-state index in [1.165, 1.54) is 17.9 Å². The van der Waals surface area contributed by atoms with Gasteiger partial charge in [-0.2, -0.15) is 0 Å². The number of rotatable bonds is 4. The van der Waals surface area contributed by atoms with Crippen molar-refractivity contribution in [2.24, 2.45) is 7.05 Å². The molecule has 0 radical (unpaired) electrons. The second kappa shape index (κ2) is 4.76. The molecule has 1 unspecified atom stereocenters. The van der Waals surface area contributed by atoms with Crippen LogP contribution in [0, 0.1) is 0 Å². The number of nitrogens with one attached hydrogen (secondary N) is 1. The first-order chi connectivity index (χ1) is 8.74. The maximum atomic E-state index is 12.1. The normalized spacial score (nSPS) is 22.7. The van der Waals surface area contributed by atoms with E-state index in [1.54, 1.807) is 0 Å². The van der Waals surface area contributed by atoms with Crippen LogP contribution in [-0.2, 0) is 26.9 Å². The van der Waals surface area contributed by atoms with E-state index < -0.39 is 25.1 Å². The number of hydrogen-bond donors (Lipinski definition) is 2. The van der Waals surface area contributed by atoms with Crippen molar-refractivity contribution >= 4 is 25.7 Å². The summed E-state index contributed by atoms with van der Waals surface area (Å²) in [6.07, 6.45) is 2.34. The molecule has 1 fully saturated rings. The van der Waals surface area contributed by atoms with Gasteiger partial charge in [-0.1, -0.05) is 0 Å². The number of aryl methyl sites for hydroxylation is 1. The average Bonchev–Trinajstić information content (AvgIpc) is 2.79. The summed E-state index contributed by atoms with van der Waals surface area (Å²) in [5.74, 6) is 0.0111. The SMILES string of the molecule is Cn1cnc(N)c1S(=O)(=O)NCC1CCCS1(=O)=O. The third-order valence-corrected chi connectivity index (χ3v) is 6.96. The van der Waals surface area contributed by atoms with Crippen molar-refractivity contribution in [3.63, 3.8) is 0 Å². The molecule has 10 heteroatoms. The number of hydrogen-bond acceptors (Lipinski definition) is 6. The quantitative estimate of drug-likeness (QED) is 0.724. The number of nitrogen functional groups attached to an aromatic ring is 1. The number of anilines is 1. The van der Waals surface area contributed by atoms with Crippen LogP contribution in [0.5, 0.6) is 0 Å². The fraction of sp³-hybridized carbons (Fsp3) is 0.667. The molecule has 108 valence electrons. The predicted molar refractivity (Wildman–Crippen MR) is 69.6 cm³/mol. The van der Waals surface area contributed by atoms with E-state index in [9.17, 15) is 16.8 Å². The highest BCUT2D eigenvalue weighted by Crippen LogP contribution is 2.20. The summed E-state index contributed by atoms with van der Waals surface area (Å²) in [5, 5.41) is -0.806. The van der Waals surface area contributed by atoms with E-state index in [0.717, 1.165) is 0 Å². The van der Waals surface area contributed by atoms with Crippen LogP contribution < -0.4 is 10.5 Å². The van der Waals surface area contributed by atoms with E-state index in [-0.39, 0.29) is 23.1 Å². The molecule has 2 rings (SSSR count). The van der Waals surface area contributed by atoms with Crippen molar-refractivity contribution < 1.29 is 16.8 Å². The Balaban J connectivity index is 2.16. The summed E-state index contributed by atoms with van der Waals surface area (Å²) < 4.78 is 50.9. The fourth-order valence-electron chi connectivity index (χ4n) is 2.12. The standard InChI is InChI=1S/C9H16N4O4S2/c1-13-6-11-8(10)9(13)19(16,17)12-5-7-3-2-4-18(7,14)15/h6-7,12H,2-5,10H2,1H3. The van der Waals surface area contributed by atoms with E-state index >= 15 is 0 Å². The van der Waals surface area contributed by atoms with Crippen molar-refractivity contribution in [3.05, 3.63) is 6.33 Å². The zero-order valence-corrected chi connectivity index (χ0v) is 12.0.